The van der Waals surface area contributed by atoms with Crippen molar-refractivity contribution < 1.29 is 23.4 Å². The van der Waals surface area contributed by atoms with E-state index in [1.54, 1.807) is 61.5 Å². The van der Waals surface area contributed by atoms with Crippen molar-refractivity contribution in [1.29, 1.82) is 0 Å². The Bertz CT molecular complexity index is 1920. The Morgan fingerprint density at radius 1 is 1.05 bits per heavy atom. The average molecular weight is 656 g/mol. The van der Waals surface area contributed by atoms with E-state index in [1.165, 1.54) is 35.1 Å². The Labute approximate surface area is 267 Å². The number of carbonyl (C=O) groups is 1. The molecule has 2 heterocycles. The molecule has 7 nitrogen and oxygen atoms in total. The SMILES string of the molecule is CCCC1=C(C(=O)OCC)[C@H](c2cc(Cl)ccc2OC)n2c(s/c(=C/c3cc(Cl)ccc3OCc3ccc(F)cc3)c2=O)=N1. The predicted molar refractivity (Wildman–Crippen MR) is 170 cm³/mol. The van der Waals surface area contributed by atoms with Gasteiger partial charge in [0.1, 0.15) is 30.0 Å². The van der Waals surface area contributed by atoms with E-state index in [4.69, 9.17) is 42.4 Å². The third-order valence-electron chi connectivity index (χ3n) is 6.94. The molecule has 0 amide bonds. The molecule has 0 spiro atoms. The van der Waals surface area contributed by atoms with Gasteiger partial charge in [-0.05, 0) is 73.5 Å². The molecule has 44 heavy (non-hydrogen) atoms. The van der Waals surface area contributed by atoms with Crippen LogP contribution in [0.25, 0.3) is 6.08 Å². The van der Waals surface area contributed by atoms with Gasteiger partial charge in [0.2, 0.25) is 0 Å². The van der Waals surface area contributed by atoms with Crippen molar-refractivity contribution in [2.24, 2.45) is 4.99 Å². The summed E-state index contributed by atoms with van der Waals surface area (Å²) in [5, 5.41) is 0.872. The fourth-order valence-electron chi connectivity index (χ4n) is 4.98. The van der Waals surface area contributed by atoms with Crippen molar-refractivity contribution in [2.45, 2.75) is 39.3 Å². The van der Waals surface area contributed by atoms with Crippen LogP contribution in [0.15, 0.2) is 81.7 Å². The van der Waals surface area contributed by atoms with Crippen LogP contribution in [0.5, 0.6) is 11.5 Å². The van der Waals surface area contributed by atoms with Crippen molar-refractivity contribution in [2.75, 3.05) is 13.7 Å². The van der Waals surface area contributed by atoms with Crippen LogP contribution in [0, 0.1) is 5.82 Å². The number of aromatic nitrogens is 1. The van der Waals surface area contributed by atoms with Gasteiger partial charge in [0.25, 0.3) is 5.56 Å². The summed E-state index contributed by atoms with van der Waals surface area (Å²) in [6.07, 6.45) is 2.90. The summed E-state index contributed by atoms with van der Waals surface area (Å²) in [6.45, 7) is 4.05. The maximum absolute atomic E-state index is 14.2. The van der Waals surface area contributed by atoms with Crippen LogP contribution in [0.3, 0.4) is 0 Å². The third kappa shape index (κ3) is 6.60. The number of allylic oxidation sites excluding steroid dienone is 1. The van der Waals surface area contributed by atoms with Crippen LogP contribution in [-0.4, -0.2) is 24.3 Å². The molecule has 0 N–H and O–H groups in total. The van der Waals surface area contributed by atoms with E-state index in [9.17, 15) is 14.0 Å². The summed E-state index contributed by atoms with van der Waals surface area (Å²) >= 11 is 14.0. The van der Waals surface area contributed by atoms with Crippen LogP contribution in [0.4, 0.5) is 4.39 Å². The Hall–Kier alpha value is -3.92. The minimum Gasteiger partial charge on any atom is -0.496 e. The van der Waals surface area contributed by atoms with E-state index in [1.807, 2.05) is 6.92 Å². The summed E-state index contributed by atoms with van der Waals surface area (Å²) in [7, 11) is 1.52. The Balaban J connectivity index is 1.69. The Kier molecular flexibility index (Phi) is 9.88. The molecule has 1 aromatic heterocycles. The summed E-state index contributed by atoms with van der Waals surface area (Å²) in [6, 6.07) is 15.3. The second-order valence-corrected chi connectivity index (χ2v) is 11.8. The first-order valence-electron chi connectivity index (χ1n) is 14.0. The molecule has 1 atom stereocenters. The number of fused-ring (bicyclic) bond motifs is 1. The standard InChI is InChI=1S/C33H29Cl2FN2O5S/c1-4-6-25-29(32(40)42-5-2)30(24-17-22(35)10-14-27(24)41-3)38-31(39)28(44-33(38)37-25)16-20-15-21(34)9-13-26(20)43-18-19-7-11-23(36)12-8-19/h7-17,30H,4-6,18H2,1-3H3/b28-16+/t30-/m0/s1. The topological polar surface area (TPSA) is 79.1 Å². The summed E-state index contributed by atoms with van der Waals surface area (Å²) in [4.78, 5) is 32.9. The van der Waals surface area contributed by atoms with Crippen LogP contribution in [-0.2, 0) is 16.1 Å². The van der Waals surface area contributed by atoms with Gasteiger partial charge in [0.05, 0.1) is 29.5 Å². The lowest BCUT2D eigenvalue weighted by molar-refractivity contribution is -0.139. The molecular weight excluding hydrogens is 626 g/mol. The van der Waals surface area contributed by atoms with Gasteiger partial charge in [-0.1, -0.05) is 60.0 Å². The Morgan fingerprint density at radius 2 is 1.75 bits per heavy atom. The predicted octanol–water partition coefficient (Wildman–Crippen LogP) is 6.61. The van der Waals surface area contributed by atoms with Gasteiger partial charge in [0.15, 0.2) is 4.80 Å². The van der Waals surface area contributed by atoms with Gasteiger partial charge < -0.3 is 14.2 Å². The fraction of sp³-hybridized carbons (Fsp3) is 0.242. The lowest BCUT2D eigenvalue weighted by Crippen LogP contribution is -2.40. The van der Waals surface area contributed by atoms with Crippen molar-refractivity contribution in [3.63, 3.8) is 0 Å². The van der Waals surface area contributed by atoms with E-state index in [0.717, 1.165) is 5.56 Å². The van der Waals surface area contributed by atoms with Crippen LogP contribution < -0.4 is 24.4 Å². The lowest BCUT2D eigenvalue weighted by Gasteiger charge is -2.27. The molecule has 0 saturated carbocycles. The first kappa shape index (κ1) is 31.5. The number of nitrogens with zero attached hydrogens (tertiary/aromatic N) is 2. The highest BCUT2D eigenvalue weighted by Crippen LogP contribution is 2.38. The molecule has 1 aliphatic heterocycles. The molecule has 0 radical (unpaired) electrons. The maximum Gasteiger partial charge on any atom is 0.338 e. The first-order valence-corrected chi connectivity index (χ1v) is 15.5. The minimum atomic E-state index is -0.892. The molecule has 0 fully saturated rings. The molecule has 228 valence electrons. The van der Waals surface area contributed by atoms with Crippen molar-refractivity contribution >= 4 is 46.6 Å². The number of methoxy groups -OCH3 is 1. The molecule has 0 saturated heterocycles. The molecule has 11 heteroatoms. The number of thiazole rings is 1. The highest BCUT2D eigenvalue weighted by atomic mass is 35.5. The third-order valence-corrected chi connectivity index (χ3v) is 8.40. The normalized spacial score (nSPS) is 14.7. The van der Waals surface area contributed by atoms with E-state index in [-0.39, 0.29) is 30.2 Å². The summed E-state index contributed by atoms with van der Waals surface area (Å²) < 4.78 is 32.4. The van der Waals surface area contributed by atoms with Crippen LogP contribution >= 0.6 is 34.5 Å². The number of rotatable bonds is 10. The first-order chi connectivity index (χ1) is 21.2. The van der Waals surface area contributed by atoms with Crippen molar-refractivity contribution in [1.82, 2.24) is 4.57 Å². The van der Waals surface area contributed by atoms with E-state index in [0.29, 0.717) is 60.5 Å². The van der Waals surface area contributed by atoms with E-state index >= 15 is 0 Å². The average Bonchev–Trinajstić information content (AvgIpc) is 3.31. The molecule has 0 aliphatic carbocycles. The number of carbonyl (C=O) groups excluding carboxylic acids is 1. The van der Waals surface area contributed by atoms with Gasteiger partial charge in [-0.3, -0.25) is 9.36 Å². The number of ether oxygens (including phenoxy) is 3. The zero-order valence-electron chi connectivity index (χ0n) is 24.2. The van der Waals surface area contributed by atoms with E-state index < -0.39 is 12.0 Å². The zero-order chi connectivity index (χ0) is 31.4. The molecular formula is C33H29Cl2FN2O5S. The zero-order valence-corrected chi connectivity index (χ0v) is 26.6. The van der Waals surface area contributed by atoms with Gasteiger partial charge in [-0.25, -0.2) is 14.2 Å². The molecule has 0 bridgehead atoms. The van der Waals surface area contributed by atoms with Gasteiger partial charge in [0, 0.05) is 21.2 Å². The number of hydrogen-bond donors (Lipinski definition) is 0. The van der Waals surface area contributed by atoms with Crippen molar-refractivity contribution in [3.8, 4) is 11.5 Å². The largest absolute Gasteiger partial charge is 0.496 e. The molecule has 1 aliphatic rings. The monoisotopic (exact) mass is 654 g/mol. The maximum atomic E-state index is 14.2. The quantitative estimate of drug-likeness (QED) is 0.180. The molecule has 0 unspecified atom stereocenters. The number of hydrogen-bond acceptors (Lipinski definition) is 7. The Morgan fingerprint density at radius 3 is 2.43 bits per heavy atom. The molecule has 5 rings (SSSR count). The summed E-state index contributed by atoms with van der Waals surface area (Å²) in [5.74, 6) is 0.0434. The summed E-state index contributed by atoms with van der Waals surface area (Å²) in [5.41, 5.74) is 2.31. The number of benzene rings is 3. The minimum absolute atomic E-state index is 0.154. The number of halogens is 3. The van der Waals surface area contributed by atoms with Crippen LogP contribution in [0.2, 0.25) is 10.0 Å². The highest BCUT2D eigenvalue weighted by Gasteiger charge is 2.36. The van der Waals surface area contributed by atoms with Gasteiger partial charge >= 0.3 is 5.97 Å². The van der Waals surface area contributed by atoms with E-state index in [2.05, 4.69) is 0 Å². The second kappa shape index (κ2) is 13.8. The highest BCUT2D eigenvalue weighted by molar-refractivity contribution is 7.07. The van der Waals surface area contributed by atoms with Gasteiger partial charge in [-0.15, -0.1) is 0 Å². The molecule has 3 aromatic carbocycles. The number of esters is 1. The second-order valence-electron chi connectivity index (χ2n) is 9.90. The van der Waals surface area contributed by atoms with Gasteiger partial charge in [-0.2, -0.15) is 0 Å². The smallest absolute Gasteiger partial charge is 0.338 e. The lowest BCUT2D eigenvalue weighted by atomic mass is 9.93. The van der Waals surface area contributed by atoms with Crippen LogP contribution in [0.1, 0.15) is 49.4 Å². The molecule has 4 aromatic rings. The van der Waals surface area contributed by atoms with Crippen molar-refractivity contribution in [3.05, 3.63) is 124 Å². The fourth-order valence-corrected chi connectivity index (χ4v) is 6.35.